The molecular weight excluding hydrogens is 316 g/mol. The number of carbonyl (C=O) groups is 2. The Morgan fingerprint density at radius 1 is 1.08 bits per heavy atom. The maximum absolute atomic E-state index is 12.6. The second-order valence-electron chi connectivity index (χ2n) is 7.90. The lowest BCUT2D eigenvalue weighted by Gasteiger charge is -2.36. The maximum Gasteiger partial charge on any atom is 0.235 e. The zero-order chi connectivity index (χ0) is 17.9. The summed E-state index contributed by atoms with van der Waals surface area (Å²) in [5.74, 6) is 0.104. The van der Waals surface area contributed by atoms with Crippen LogP contribution in [0.15, 0.2) is 0 Å². The summed E-state index contributed by atoms with van der Waals surface area (Å²) in [5, 5.41) is 12.6. The number of rotatable bonds is 4. The van der Waals surface area contributed by atoms with Gasteiger partial charge in [-0.05, 0) is 45.1 Å². The molecule has 0 unspecified atom stereocenters. The molecule has 2 amide bonds. The zero-order valence-corrected chi connectivity index (χ0v) is 15.3. The molecule has 1 aliphatic carbocycles. The number of nitriles is 1. The van der Waals surface area contributed by atoms with Gasteiger partial charge in [0, 0.05) is 25.6 Å². The van der Waals surface area contributed by atoms with Gasteiger partial charge < -0.3 is 10.2 Å². The van der Waals surface area contributed by atoms with E-state index in [1.165, 1.54) is 0 Å². The van der Waals surface area contributed by atoms with E-state index in [2.05, 4.69) is 16.3 Å². The van der Waals surface area contributed by atoms with E-state index in [9.17, 15) is 14.9 Å². The minimum absolute atomic E-state index is 0.0391. The summed E-state index contributed by atoms with van der Waals surface area (Å²) >= 11 is 0. The normalized spacial score (nSPS) is 29.4. The first-order valence-corrected chi connectivity index (χ1v) is 9.78. The van der Waals surface area contributed by atoms with Crippen LogP contribution >= 0.6 is 0 Å². The van der Waals surface area contributed by atoms with E-state index in [4.69, 9.17) is 0 Å². The number of amides is 2. The molecule has 2 heterocycles. The third kappa shape index (κ3) is 3.98. The lowest BCUT2D eigenvalue weighted by atomic mass is 9.83. The van der Waals surface area contributed by atoms with Crippen molar-refractivity contribution in [2.45, 2.75) is 82.3 Å². The van der Waals surface area contributed by atoms with Gasteiger partial charge in [0.2, 0.25) is 11.8 Å². The molecule has 0 aromatic rings. The monoisotopic (exact) mass is 346 g/mol. The molecule has 1 saturated carbocycles. The molecule has 2 atom stereocenters. The van der Waals surface area contributed by atoms with Crippen LogP contribution < -0.4 is 5.32 Å². The summed E-state index contributed by atoms with van der Waals surface area (Å²) in [4.78, 5) is 28.7. The lowest BCUT2D eigenvalue weighted by molar-refractivity contribution is -0.130. The largest absolute Gasteiger partial charge is 0.338 e. The summed E-state index contributed by atoms with van der Waals surface area (Å²) in [6.07, 6.45) is 8.90. The molecule has 3 fully saturated rings. The summed E-state index contributed by atoms with van der Waals surface area (Å²) in [5.41, 5.74) is -0.663. The molecule has 2 aliphatic heterocycles. The molecule has 0 aromatic heterocycles. The minimum atomic E-state index is -0.663. The summed E-state index contributed by atoms with van der Waals surface area (Å²) in [6, 6.07) is 2.88. The molecule has 6 nitrogen and oxygen atoms in total. The van der Waals surface area contributed by atoms with E-state index in [0.29, 0.717) is 6.54 Å². The Labute approximate surface area is 150 Å². The first-order chi connectivity index (χ1) is 12.0. The van der Waals surface area contributed by atoms with Gasteiger partial charge in [-0.3, -0.25) is 14.5 Å². The van der Waals surface area contributed by atoms with E-state index in [0.717, 1.165) is 70.9 Å². The Kier molecular flexibility index (Phi) is 5.63. The Balaban J connectivity index is 1.60. The fraction of sp³-hybridized carbons (Fsp3) is 0.842. The van der Waals surface area contributed by atoms with Crippen molar-refractivity contribution in [1.29, 1.82) is 5.26 Å². The van der Waals surface area contributed by atoms with E-state index in [1.54, 1.807) is 6.92 Å². The van der Waals surface area contributed by atoms with Gasteiger partial charge in [-0.25, -0.2) is 0 Å². The average Bonchev–Trinajstić information content (AvgIpc) is 3.24. The SMILES string of the molecule is CC(=O)N1CCC[C@H]1[C@H]1CCCN1CC(=O)NC1(C#N)CCCCC1. The Morgan fingerprint density at radius 2 is 1.76 bits per heavy atom. The minimum Gasteiger partial charge on any atom is -0.338 e. The smallest absolute Gasteiger partial charge is 0.235 e. The molecule has 0 bridgehead atoms. The highest BCUT2D eigenvalue weighted by Gasteiger charge is 2.40. The van der Waals surface area contributed by atoms with Gasteiger partial charge in [-0.15, -0.1) is 0 Å². The van der Waals surface area contributed by atoms with Crippen molar-refractivity contribution in [1.82, 2.24) is 15.1 Å². The number of hydrogen-bond donors (Lipinski definition) is 1. The topological polar surface area (TPSA) is 76.4 Å². The third-order valence-electron chi connectivity index (χ3n) is 6.21. The Hall–Kier alpha value is -1.61. The van der Waals surface area contributed by atoms with Crippen molar-refractivity contribution >= 4 is 11.8 Å². The molecular formula is C19H30N4O2. The van der Waals surface area contributed by atoms with E-state index >= 15 is 0 Å². The second-order valence-corrected chi connectivity index (χ2v) is 7.90. The molecule has 0 radical (unpaired) electrons. The van der Waals surface area contributed by atoms with Crippen LogP contribution in [0.1, 0.15) is 64.7 Å². The highest BCUT2D eigenvalue weighted by Crippen LogP contribution is 2.31. The predicted molar refractivity (Wildman–Crippen MR) is 94.6 cm³/mol. The average molecular weight is 346 g/mol. The first kappa shape index (κ1) is 18.2. The highest BCUT2D eigenvalue weighted by atomic mass is 16.2. The van der Waals surface area contributed by atoms with Crippen LogP contribution in [-0.4, -0.2) is 58.9 Å². The maximum atomic E-state index is 12.6. The molecule has 1 N–H and O–H groups in total. The van der Waals surface area contributed by atoms with Gasteiger partial charge in [0.25, 0.3) is 0 Å². The van der Waals surface area contributed by atoms with Crippen molar-refractivity contribution < 1.29 is 9.59 Å². The van der Waals surface area contributed by atoms with Crippen LogP contribution in [0.5, 0.6) is 0 Å². The molecule has 0 aromatic carbocycles. The number of carbonyl (C=O) groups excluding carboxylic acids is 2. The van der Waals surface area contributed by atoms with Crippen LogP contribution in [0, 0.1) is 11.3 Å². The van der Waals surface area contributed by atoms with Gasteiger partial charge in [-0.1, -0.05) is 19.3 Å². The summed E-state index contributed by atoms with van der Waals surface area (Å²) < 4.78 is 0. The standard InChI is InChI=1S/C19H30N4O2/c1-15(24)23-12-6-8-17(23)16-7-5-11-22(16)13-18(25)21-19(14-20)9-3-2-4-10-19/h16-17H,2-13H2,1H3,(H,21,25)/t16-,17+/m1/s1. The van der Waals surface area contributed by atoms with E-state index in [-0.39, 0.29) is 23.9 Å². The van der Waals surface area contributed by atoms with Crippen molar-refractivity contribution in [3.8, 4) is 6.07 Å². The van der Waals surface area contributed by atoms with Crippen LogP contribution in [0.4, 0.5) is 0 Å². The molecule has 3 aliphatic rings. The first-order valence-electron chi connectivity index (χ1n) is 9.78. The van der Waals surface area contributed by atoms with Crippen molar-refractivity contribution in [3.05, 3.63) is 0 Å². The quantitative estimate of drug-likeness (QED) is 0.842. The molecule has 3 rings (SSSR count). The van der Waals surface area contributed by atoms with Crippen LogP contribution in [-0.2, 0) is 9.59 Å². The van der Waals surface area contributed by atoms with Crippen molar-refractivity contribution in [2.75, 3.05) is 19.6 Å². The van der Waals surface area contributed by atoms with E-state index < -0.39 is 5.54 Å². The van der Waals surface area contributed by atoms with Crippen molar-refractivity contribution in [3.63, 3.8) is 0 Å². The fourth-order valence-electron chi connectivity index (χ4n) is 4.98. The number of hydrogen-bond acceptors (Lipinski definition) is 4. The Morgan fingerprint density at radius 3 is 2.44 bits per heavy atom. The fourth-order valence-corrected chi connectivity index (χ4v) is 4.98. The molecule has 6 heteroatoms. The third-order valence-corrected chi connectivity index (χ3v) is 6.21. The van der Waals surface area contributed by atoms with Gasteiger partial charge in [0.1, 0.15) is 5.54 Å². The zero-order valence-electron chi connectivity index (χ0n) is 15.3. The molecule has 0 spiro atoms. The van der Waals surface area contributed by atoms with Gasteiger partial charge >= 0.3 is 0 Å². The molecule has 2 saturated heterocycles. The predicted octanol–water partition coefficient (Wildman–Crippen LogP) is 1.80. The van der Waals surface area contributed by atoms with Gasteiger partial charge in [-0.2, -0.15) is 5.26 Å². The molecule has 138 valence electrons. The van der Waals surface area contributed by atoms with E-state index in [1.807, 2.05) is 4.90 Å². The van der Waals surface area contributed by atoms with Crippen LogP contribution in [0.2, 0.25) is 0 Å². The summed E-state index contributed by atoms with van der Waals surface area (Å²) in [7, 11) is 0. The number of nitrogens with one attached hydrogen (secondary N) is 1. The second kappa shape index (κ2) is 7.74. The number of likely N-dealkylation sites (tertiary alicyclic amines) is 2. The highest BCUT2D eigenvalue weighted by molar-refractivity contribution is 5.79. The number of nitrogens with zero attached hydrogens (tertiary/aromatic N) is 3. The lowest BCUT2D eigenvalue weighted by Crippen LogP contribution is -2.54. The van der Waals surface area contributed by atoms with Crippen molar-refractivity contribution in [2.24, 2.45) is 0 Å². The molecule has 25 heavy (non-hydrogen) atoms. The summed E-state index contributed by atoms with van der Waals surface area (Å²) in [6.45, 7) is 3.73. The van der Waals surface area contributed by atoms with Crippen LogP contribution in [0.25, 0.3) is 0 Å². The van der Waals surface area contributed by atoms with Crippen LogP contribution in [0.3, 0.4) is 0 Å². The van der Waals surface area contributed by atoms with Gasteiger partial charge in [0.15, 0.2) is 0 Å². The Bertz CT molecular complexity index is 550. The van der Waals surface area contributed by atoms with Gasteiger partial charge in [0.05, 0.1) is 12.6 Å².